The molecule has 1 heterocycles. The molecule has 0 spiro atoms. The topological polar surface area (TPSA) is 48.4 Å². The zero-order valence-electron chi connectivity index (χ0n) is 13.5. The summed E-state index contributed by atoms with van der Waals surface area (Å²) in [6.07, 6.45) is 0. The molecule has 0 unspecified atom stereocenters. The number of hydrogen-bond acceptors (Lipinski definition) is 5. The SMILES string of the molecule is Cc1ccc(OC(=O)c2ccc(OCc3cscn3)cc2)cc1C. The minimum Gasteiger partial charge on any atom is -0.487 e. The van der Waals surface area contributed by atoms with E-state index < -0.39 is 0 Å². The van der Waals surface area contributed by atoms with E-state index in [9.17, 15) is 4.79 Å². The van der Waals surface area contributed by atoms with Gasteiger partial charge in [-0.05, 0) is 61.4 Å². The van der Waals surface area contributed by atoms with Gasteiger partial charge >= 0.3 is 5.97 Å². The number of benzene rings is 2. The maximum Gasteiger partial charge on any atom is 0.343 e. The third-order valence-electron chi connectivity index (χ3n) is 3.65. The van der Waals surface area contributed by atoms with Gasteiger partial charge in [-0.15, -0.1) is 11.3 Å². The second-order valence-corrected chi connectivity index (χ2v) is 6.15. The Morgan fingerprint density at radius 3 is 2.46 bits per heavy atom. The molecular weight excluding hydrogens is 322 g/mol. The van der Waals surface area contributed by atoms with Crippen molar-refractivity contribution in [3.8, 4) is 11.5 Å². The van der Waals surface area contributed by atoms with E-state index >= 15 is 0 Å². The lowest BCUT2D eigenvalue weighted by Crippen LogP contribution is -2.08. The van der Waals surface area contributed by atoms with Gasteiger partial charge in [0.2, 0.25) is 0 Å². The Labute approximate surface area is 144 Å². The predicted octanol–water partition coefficient (Wildman–Crippen LogP) is 4.56. The van der Waals surface area contributed by atoms with Crippen LogP contribution in [0, 0.1) is 13.8 Å². The van der Waals surface area contributed by atoms with E-state index in [0.29, 0.717) is 23.7 Å². The van der Waals surface area contributed by atoms with Crippen molar-refractivity contribution in [2.45, 2.75) is 20.5 Å². The molecule has 0 aliphatic rings. The molecule has 0 bridgehead atoms. The number of thiazole rings is 1. The fraction of sp³-hybridized carbons (Fsp3) is 0.158. The largest absolute Gasteiger partial charge is 0.487 e. The summed E-state index contributed by atoms with van der Waals surface area (Å²) in [6.45, 7) is 4.42. The number of nitrogens with zero attached hydrogens (tertiary/aromatic N) is 1. The van der Waals surface area contributed by atoms with E-state index in [1.54, 1.807) is 35.8 Å². The third kappa shape index (κ3) is 4.00. The maximum absolute atomic E-state index is 12.2. The molecule has 0 aliphatic carbocycles. The molecule has 0 fully saturated rings. The highest BCUT2D eigenvalue weighted by atomic mass is 32.1. The van der Waals surface area contributed by atoms with Crippen LogP contribution in [0.1, 0.15) is 27.2 Å². The van der Waals surface area contributed by atoms with Crippen molar-refractivity contribution in [3.63, 3.8) is 0 Å². The van der Waals surface area contributed by atoms with Crippen molar-refractivity contribution in [1.82, 2.24) is 4.98 Å². The summed E-state index contributed by atoms with van der Waals surface area (Å²) >= 11 is 1.53. The van der Waals surface area contributed by atoms with Gasteiger partial charge in [-0.2, -0.15) is 0 Å². The molecule has 0 amide bonds. The van der Waals surface area contributed by atoms with Crippen molar-refractivity contribution in [2.75, 3.05) is 0 Å². The van der Waals surface area contributed by atoms with Gasteiger partial charge in [-0.25, -0.2) is 9.78 Å². The molecular formula is C19H17NO3S. The average molecular weight is 339 g/mol. The summed E-state index contributed by atoms with van der Waals surface area (Å²) in [5, 5.41) is 1.94. The van der Waals surface area contributed by atoms with E-state index in [0.717, 1.165) is 16.8 Å². The second-order valence-electron chi connectivity index (χ2n) is 5.43. The normalized spacial score (nSPS) is 10.4. The summed E-state index contributed by atoms with van der Waals surface area (Å²) < 4.78 is 11.0. The molecule has 122 valence electrons. The van der Waals surface area contributed by atoms with Crippen LogP contribution in [0.2, 0.25) is 0 Å². The first kappa shape index (κ1) is 16.2. The van der Waals surface area contributed by atoms with Crippen molar-refractivity contribution in [1.29, 1.82) is 0 Å². The Morgan fingerprint density at radius 2 is 1.79 bits per heavy atom. The Balaban J connectivity index is 1.61. The quantitative estimate of drug-likeness (QED) is 0.505. The van der Waals surface area contributed by atoms with Gasteiger partial charge < -0.3 is 9.47 Å². The monoisotopic (exact) mass is 339 g/mol. The van der Waals surface area contributed by atoms with Crippen LogP contribution in [0.4, 0.5) is 0 Å². The molecule has 0 atom stereocenters. The highest BCUT2D eigenvalue weighted by Crippen LogP contribution is 2.19. The molecule has 1 aromatic heterocycles. The molecule has 0 N–H and O–H groups in total. The summed E-state index contributed by atoms with van der Waals surface area (Å²) in [6, 6.07) is 12.5. The minimum atomic E-state index is -0.385. The van der Waals surface area contributed by atoms with E-state index in [2.05, 4.69) is 4.98 Å². The molecule has 3 rings (SSSR count). The van der Waals surface area contributed by atoms with Crippen LogP contribution in [0.25, 0.3) is 0 Å². The van der Waals surface area contributed by atoms with Crippen LogP contribution < -0.4 is 9.47 Å². The van der Waals surface area contributed by atoms with Crippen LogP contribution in [-0.4, -0.2) is 11.0 Å². The summed E-state index contributed by atoms with van der Waals surface area (Å²) in [5.41, 5.74) is 5.39. The van der Waals surface area contributed by atoms with Gasteiger partial charge in [-0.1, -0.05) is 6.07 Å². The fourth-order valence-corrected chi connectivity index (χ4v) is 2.64. The van der Waals surface area contributed by atoms with Crippen LogP contribution in [-0.2, 0) is 6.61 Å². The third-order valence-corrected chi connectivity index (χ3v) is 4.28. The van der Waals surface area contributed by atoms with Crippen molar-refractivity contribution < 1.29 is 14.3 Å². The lowest BCUT2D eigenvalue weighted by atomic mass is 10.1. The molecule has 0 aliphatic heterocycles. The van der Waals surface area contributed by atoms with Crippen LogP contribution in [0.15, 0.2) is 53.4 Å². The van der Waals surface area contributed by atoms with Crippen molar-refractivity contribution in [2.24, 2.45) is 0 Å². The molecule has 0 saturated heterocycles. The summed E-state index contributed by atoms with van der Waals surface area (Å²) in [5.74, 6) is 0.849. The summed E-state index contributed by atoms with van der Waals surface area (Å²) in [7, 11) is 0. The first-order valence-electron chi connectivity index (χ1n) is 7.51. The number of ether oxygens (including phenoxy) is 2. The number of esters is 1. The number of carbonyl (C=O) groups is 1. The van der Waals surface area contributed by atoms with E-state index in [1.165, 1.54) is 11.3 Å². The fourth-order valence-electron chi connectivity index (χ4n) is 2.10. The van der Waals surface area contributed by atoms with Gasteiger partial charge in [0.1, 0.15) is 18.1 Å². The Bertz CT molecular complexity index is 826. The van der Waals surface area contributed by atoms with Gasteiger partial charge in [0.15, 0.2) is 0 Å². The van der Waals surface area contributed by atoms with Crippen LogP contribution in [0.5, 0.6) is 11.5 Å². The number of aryl methyl sites for hydroxylation is 2. The molecule has 4 nitrogen and oxygen atoms in total. The second kappa shape index (κ2) is 7.27. The highest BCUT2D eigenvalue weighted by molar-refractivity contribution is 7.07. The van der Waals surface area contributed by atoms with Crippen molar-refractivity contribution >= 4 is 17.3 Å². The summed E-state index contributed by atoms with van der Waals surface area (Å²) in [4.78, 5) is 16.4. The molecule has 0 radical (unpaired) electrons. The Kier molecular flexibility index (Phi) is 4.91. The molecule has 5 heteroatoms. The molecule has 0 saturated carbocycles. The Morgan fingerprint density at radius 1 is 1.04 bits per heavy atom. The standard InChI is InChI=1S/C19H17NO3S/c1-13-3-6-18(9-14(13)2)23-19(21)15-4-7-17(8-5-15)22-10-16-11-24-12-20-16/h3-9,11-12H,10H2,1-2H3. The minimum absolute atomic E-state index is 0.385. The van der Waals surface area contributed by atoms with Crippen LogP contribution >= 0.6 is 11.3 Å². The molecule has 24 heavy (non-hydrogen) atoms. The van der Waals surface area contributed by atoms with Gasteiger partial charge in [0.05, 0.1) is 16.8 Å². The van der Waals surface area contributed by atoms with Gasteiger partial charge in [0, 0.05) is 5.38 Å². The van der Waals surface area contributed by atoms with E-state index in [4.69, 9.17) is 9.47 Å². The zero-order chi connectivity index (χ0) is 16.9. The predicted molar refractivity (Wildman–Crippen MR) is 93.8 cm³/mol. The molecule has 2 aromatic carbocycles. The number of aromatic nitrogens is 1. The smallest absolute Gasteiger partial charge is 0.343 e. The first-order chi connectivity index (χ1) is 11.6. The molecule has 3 aromatic rings. The van der Waals surface area contributed by atoms with Gasteiger partial charge in [0.25, 0.3) is 0 Å². The number of rotatable bonds is 5. The Hall–Kier alpha value is -2.66. The van der Waals surface area contributed by atoms with Crippen molar-refractivity contribution in [3.05, 3.63) is 75.7 Å². The lowest BCUT2D eigenvalue weighted by molar-refractivity contribution is 0.0734. The van der Waals surface area contributed by atoms with E-state index in [-0.39, 0.29) is 5.97 Å². The highest BCUT2D eigenvalue weighted by Gasteiger charge is 2.09. The van der Waals surface area contributed by atoms with Gasteiger partial charge in [-0.3, -0.25) is 0 Å². The zero-order valence-corrected chi connectivity index (χ0v) is 14.3. The van der Waals surface area contributed by atoms with Crippen LogP contribution in [0.3, 0.4) is 0 Å². The maximum atomic E-state index is 12.2. The van der Waals surface area contributed by atoms with E-state index in [1.807, 2.05) is 31.4 Å². The lowest BCUT2D eigenvalue weighted by Gasteiger charge is -2.08. The number of carbonyl (C=O) groups excluding carboxylic acids is 1. The average Bonchev–Trinajstić information content (AvgIpc) is 3.10. The first-order valence-corrected chi connectivity index (χ1v) is 8.45. The number of hydrogen-bond donors (Lipinski definition) is 0.